The van der Waals surface area contributed by atoms with Crippen LogP contribution in [0, 0.1) is 6.92 Å². The van der Waals surface area contributed by atoms with E-state index in [4.69, 9.17) is 5.11 Å². The summed E-state index contributed by atoms with van der Waals surface area (Å²) in [6.45, 7) is 1.85. The standard InChI is InChI=1S/C12H15N3O4/c1-7-2-8(5-13-4-7)14-12(19)15-6-9(16)3-10(15)11(17)18/h2,4-5,9-10,16H,3,6H2,1H3,(H,14,19)(H,17,18)/t9-,10-/m1/s1. The maximum absolute atomic E-state index is 12.0. The number of carbonyl (C=O) groups excluding carboxylic acids is 1. The fourth-order valence-electron chi connectivity index (χ4n) is 2.09. The summed E-state index contributed by atoms with van der Waals surface area (Å²) in [5.74, 6) is -1.12. The summed E-state index contributed by atoms with van der Waals surface area (Å²) in [4.78, 5) is 28.1. The molecule has 1 fully saturated rings. The second-order valence-electron chi connectivity index (χ2n) is 4.58. The van der Waals surface area contributed by atoms with E-state index in [1.807, 2.05) is 6.92 Å². The molecule has 2 atom stereocenters. The molecule has 2 amide bonds. The first-order valence-corrected chi connectivity index (χ1v) is 5.87. The molecule has 19 heavy (non-hydrogen) atoms. The van der Waals surface area contributed by atoms with Crippen LogP contribution in [0.15, 0.2) is 18.5 Å². The Hall–Kier alpha value is -2.15. The van der Waals surface area contributed by atoms with Gasteiger partial charge in [0, 0.05) is 19.2 Å². The number of aliphatic hydroxyl groups is 1. The van der Waals surface area contributed by atoms with Crippen molar-refractivity contribution in [1.82, 2.24) is 9.88 Å². The van der Waals surface area contributed by atoms with E-state index in [0.29, 0.717) is 5.69 Å². The molecule has 0 aliphatic carbocycles. The normalized spacial score (nSPS) is 22.3. The Morgan fingerprint density at radius 3 is 2.84 bits per heavy atom. The van der Waals surface area contributed by atoms with Gasteiger partial charge in [-0.3, -0.25) is 4.98 Å². The Kier molecular flexibility index (Phi) is 3.66. The highest BCUT2D eigenvalue weighted by Crippen LogP contribution is 2.19. The van der Waals surface area contributed by atoms with E-state index in [0.717, 1.165) is 10.5 Å². The highest BCUT2D eigenvalue weighted by molar-refractivity contribution is 5.92. The minimum Gasteiger partial charge on any atom is -0.480 e. The van der Waals surface area contributed by atoms with Gasteiger partial charge in [-0.1, -0.05) is 0 Å². The number of carboxylic acid groups (broad SMARTS) is 1. The number of aromatic nitrogens is 1. The maximum atomic E-state index is 12.0. The number of nitrogens with zero attached hydrogens (tertiary/aromatic N) is 2. The third-order valence-electron chi connectivity index (χ3n) is 2.95. The average molecular weight is 265 g/mol. The van der Waals surface area contributed by atoms with E-state index in [9.17, 15) is 14.7 Å². The Labute approximate surface area is 109 Å². The first-order valence-electron chi connectivity index (χ1n) is 5.87. The van der Waals surface area contributed by atoms with Crippen LogP contribution >= 0.6 is 0 Å². The minimum atomic E-state index is -1.12. The van der Waals surface area contributed by atoms with E-state index in [2.05, 4.69) is 10.3 Å². The molecule has 2 heterocycles. The molecule has 0 saturated carbocycles. The highest BCUT2D eigenvalue weighted by atomic mass is 16.4. The van der Waals surface area contributed by atoms with Gasteiger partial charge in [0.05, 0.1) is 18.0 Å². The number of rotatable bonds is 2. The lowest BCUT2D eigenvalue weighted by Gasteiger charge is -2.21. The zero-order valence-corrected chi connectivity index (χ0v) is 10.4. The van der Waals surface area contributed by atoms with Gasteiger partial charge in [0.1, 0.15) is 6.04 Å². The van der Waals surface area contributed by atoms with Crippen LogP contribution in [-0.2, 0) is 4.79 Å². The number of aliphatic hydroxyl groups excluding tert-OH is 1. The molecule has 2 rings (SSSR count). The first-order chi connectivity index (χ1) is 8.97. The number of aliphatic carboxylic acids is 1. The lowest BCUT2D eigenvalue weighted by molar-refractivity contribution is -0.141. The predicted octanol–water partition coefficient (Wildman–Crippen LogP) is 0.442. The number of urea groups is 1. The second kappa shape index (κ2) is 5.23. The SMILES string of the molecule is Cc1cncc(NC(=O)N2C[C@H](O)C[C@@H]2C(=O)O)c1. The van der Waals surface area contributed by atoms with Crippen LogP contribution in [0.3, 0.4) is 0 Å². The summed E-state index contributed by atoms with van der Waals surface area (Å²) in [5.41, 5.74) is 1.38. The Morgan fingerprint density at radius 1 is 1.47 bits per heavy atom. The number of carbonyl (C=O) groups is 2. The number of nitrogens with one attached hydrogen (secondary N) is 1. The molecule has 1 saturated heterocycles. The molecule has 0 bridgehead atoms. The van der Waals surface area contributed by atoms with Crippen LogP contribution in [0.2, 0.25) is 0 Å². The summed E-state index contributed by atoms with van der Waals surface area (Å²) in [7, 11) is 0. The molecule has 0 unspecified atom stereocenters. The minimum absolute atomic E-state index is 0.0159. The Morgan fingerprint density at radius 2 is 2.21 bits per heavy atom. The van der Waals surface area contributed by atoms with Gasteiger partial charge in [-0.25, -0.2) is 9.59 Å². The van der Waals surface area contributed by atoms with Gasteiger partial charge in [-0.15, -0.1) is 0 Å². The summed E-state index contributed by atoms with van der Waals surface area (Å²) in [6.07, 6.45) is 2.37. The van der Waals surface area contributed by atoms with Crippen molar-refractivity contribution >= 4 is 17.7 Å². The lowest BCUT2D eigenvalue weighted by atomic mass is 10.2. The van der Waals surface area contributed by atoms with E-state index in [-0.39, 0.29) is 13.0 Å². The number of amides is 2. The summed E-state index contributed by atoms with van der Waals surface area (Å²) < 4.78 is 0. The quantitative estimate of drug-likeness (QED) is 0.720. The molecule has 102 valence electrons. The van der Waals surface area contributed by atoms with Crippen LogP contribution < -0.4 is 5.32 Å². The number of anilines is 1. The van der Waals surface area contributed by atoms with Crippen molar-refractivity contribution in [1.29, 1.82) is 0 Å². The maximum Gasteiger partial charge on any atom is 0.326 e. The van der Waals surface area contributed by atoms with Crippen molar-refractivity contribution in [2.45, 2.75) is 25.5 Å². The number of β-amino-alcohol motifs (C(OH)–C–C–N with tert-alkyl or cyclic N) is 1. The van der Waals surface area contributed by atoms with Gasteiger partial charge in [0.15, 0.2) is 0 Å². The zero-order chi connectivity index (χ0) is 14.0. The fourth-order valence-corrected chi connectivity index (χ4v) is 2.09. The lowest BCUT2D eigenvalue weighted by Crippen LogP contribution is -2.43. The van der Waals surface area contributed by atoms with Crippen LogP contribution in [0.25, 0.3) is 0 Å². The molecule has 0 radical (unpaired) electrons. The Balaban J connectivity index is 2.09. The first kappa shape index (κ1) is 13.3. The van der Waals surface area contributed by atoms with Gasteiger partial charge < -0.3 is 20.4 Å². The third kappa shape index (κ3) is 3.00. The number of carboxylic acids is 1. The molecular weight excluding hydrogens is 250 g/mol. The van der Waals surface area contributed by atoms with E-state index in [1.165, 1.54) is 6.20 Å². The van der Waals surface area contributed by atoms with Crippen molar-refractivity contribution < 1.29 is 19.8 Å². The van der Waals surface area contributed by atoms with Crippen molar-refractivity contribution in [3.63, 3.8) is 0 Å². The summed E-state index contributed by atoms with van der Waals surface area (Å²) in [5, 5.41) is 21.1. The van der Waals surface area contributed by atoms with Gasteiger partial charge >= 0.3 is 12.0 Å². The topological polar surface area (TPSA) is 103 Å². The number of likely N-dealkylation sites (tertiary alicyclic amines) is 1. The smallest absolute Gasteiger partial charge is 0.326 e. The second-order valence-corrected chi connectivity index (χ2v) is 4.58. The average Bonchev–Trinajstić information content (AvgIpc) is 2.71. The molecule has 1 aliphatic heterocycles. The highest BCUT2D eigenvalue weighted by Gasteiger charge is 2.38. The fraction of sp³-hybridized carbons (Fsp3) is 0.417. The summed E-state index contributed by atoms with van der Waals surface area (Å²) in [6, 6.07) is 0.191. The molecule has 0 spiro atoms. The van der Waals surface area contributed by atoms with Crippen LogP contribution in [-0.4, -0.2) is 50.8 Å². The van der Waals surface area contributed by atoms with Gasteiger partial charge in [0.25, 0.3) is 0 Å². The Bertz CT molecular complexity index is 506. The third-order valence-corrected chi connectivity index (χ3v) is 2.95. The van der Waals surface area contributed by atoms with Crippen molar-refractivity contribution in [2.24, 2.45) is 0 Å². The van der Waals surface area contributed by atoms with Gasteiger partial charge in [0.2, 0.25) is 0 Å². The molecule has 7 heteroatoms. The zero-order valence-electron chi connectivity index (χ0n) is 10.4. The van der Waals surface area contributed by atoms with E-state index >= 15 is 0 Å². The number of aryl methyl sites for hydroxylation is 1. The van der Waals surface area contributed by atoms with Gasteiger partial charge in [-0.2, -0.15) is 0 Å². The van der Waals surface area contributed by atoms with Crippen molar-refractivity contribution in [3.05, 3.63) is 24.0 Å². The number of pyridine rings is 1. The summed E-state index contributed by atoms with van der Waals surface area (Å²) >= 11 is 0. The van der Waals surface area contributed by atoms with Crippen LogP contribution in [0.5, 0.6) is 0 Å². The van der Waals surface area contributed by atoms with Crippen molar-refractivity contribution in [2.75, 3.05) is 11.9 Å². The van der Waals surface area contributed by atoms with Crippen molar-refractivity contribution in [3.8, 4) is 0 Å². The molecule has 0 aromatic carbocycles. The molecule has 3 N–H and O–H groups in total. The van der Waals surface area contributed by atoms with E-state index in [1.54, 1.807) is 12.3 Å². The van der Waals surface area contributed by atoms with Gasteiger partial charge in [-0.05, 0) is 18.6 Å². The molecule has 1 aromatic rings. The molecule has 1 aromatic heterocycles. The number of hydrogen-bond donors (Lipinski definition) is 3. The van der Waals surface area contributed by atoms with Crippen LogP contribution in [0.4, 0.5) is 10.5 Å². The molecule has 1 aliphatic rings. The molecule has 7 nitrogen and oxygen atoms in total. The molecular formula is C12H15N3O4. The number of hydrogen-bond acceptors (Lipinski definition) is 4. The predicted molar refractivity (Wildman–Crippen MR) is 66.7 cm³/mol. The monoisotopic (exact) mass is 265 g/mol. The largest absolute Gasteiger partial charge is 0.480 e. The van der Waals surface area contributed by atoms with E-state index < -0.39 is 24.1 Å². The van der Waals surface area contributed by atoms with Crippen LogP contribution in [0.1, 0.15) is 12.0 Å².